The summed E-state index contributed by atoms with van der Waals surface area (Å²) < 4.78 is 5.55. The van der Waals surface area contributed by atoms with Crippen LogP contribution in [0, 0.1) is 0 Å². The Hall–Kier alpha value is -2.34. The molecule has 0 unspecified atom stereocenters. The number of hydrogen-bond donors (Lipinski definition) is 1. The van der Waals surface area contributed by atoms with Gasteiger partial charge in [-0.05, 0) is 31.2 Å². The van der Waals surface area contributed by atoms with E-state index in [0.717, 1.165) is 12.8 Å². The predicted molar refractivity (Wildman–Crippen MR) is 91.8 cm³/mol. The van der Waals surface area contributed by atoms with Crippen molar-refractivity contribution in [1.82, 2.24) is 10.3 Å². The lowest BCUT2D eigenvalue weighted by Gasteiger charge is -2.18. The van der Waals surface area contributed by atoms with Gasteiger partial charge in [0.25, 0.3) is 5.91 Å². The van der Waals surface area contributed by atoms with E-state index >= 15 is 0 Å². The molecule has 2 aromatic rings. The summed E-state index contributed by atoms with van der Waals surface area (Å²) in [6.07, 6.45) is 4.44. The second-order valence-electron chi connectivity index (χ2n) is 5.54. The normalized spacial score (nSPS) is 14.7. The number of amides is 1. The summed E-state index contributed by atoms with van der Waals surface area (Å²) >= 11 is 1.36. The van der Waals surface area contributed by atoms with Crippen LogP contribution in [0.1, 0.15) is 34.9 Å². The van der Waals surface area contributed by atoms with Crippen molar-refractivity contribution < 1.29 is 14.3 Å². The molecule has 1 atom stereocenters. The Balaban J connectivity index is 1.83. The first-order valence-corrected chi connectivity index (χ1v) is 8.97. The molecule has 6 heteroatoms. The van der Waals surface area contributed by atoms with Crippen molar-refractivity contribution in [3.05, 3.63) is 59.8 Å². The average Bonchev–Trinajstić information content (AvgIpc) is 3.44. The minimum Gasteiger partial charge on any atom is -0.444 e. The maximum Gasteiger partial charge on any atom is 0.342 e. The third-order valence-electron chi connectivity index (χ3n) is 3.67. The molecule has 1 aliphatic carbocycles. The zero-order valence-electron chi connectivity index (χ0n) is 13.3. The molecular formula is C18H18N2O3S. The Morgan fingerprint density at radius 2 is 1.96 bits per heavy atom. The van der Waals surface area contributed by atoms with Crippen LogP contribution in [-0.4, -0.2) is 29.2 Å². The van der Waals surface area contributed by atoms with Crippen LogP contribution in [0.3, 0.4) is 0 Å². The van der Waals surface area contributed by atoms with Gasteiger partial charge in [0.15, 0.2) is 0 Å². The minimum atomic E-state index is -0.964. The lowest BCUT2D eigenvalue weighted by Crippen LogP contribution is -2.33. The lowest BCUT2D eigenvalue weighted by molar-refractivity contribution is -0.130. The smallest absolute Gasteiger partial charge is 0.342 e. The van der Waals surface area contributed by atoms with Gasteiger partial charge in [0.2, 0.25) is 6.10 Å². The van der Waals surface area contributed by atoms with E-state index in [1.807, 2.05) is 24.5 Å². The monoisotopic (exact) mass is 342 g/mol. The molecule has 0 spiro atoms. The van der Waals surface area contributed by atoms with Gasteiger partial charge in [-0.1, -0.05) is 30.3 Å². The van der Waals surface area contributed by atoms with Crippen LogP contribution < -0.4 is 5.32 Å². The summed E-state index contributed by atoms with van der Waals surface area (Å²) in [6, 6.07) is 12.6. The van der Waals surface area contributed by atoms with E-state index in [1.165, 1.54) is 11.8 Å². The van der Waals surface area contributed by atoms with Gasteiger partial charge in [-0.3, -0.25) is 4.79 Å². The van der Waals surface area contributed by atoms with Gasteiger partial charge in [-0.25, -0.2) is 9.78 Å². The predicted octanol–water partition coefficient (Wildman–Crippen LogP) is 2.98. The third-order valence-corrected chi connectivity index (χ3v) is 4.39. The maximum atomic E-state index is 12.6. The highest BCUT2D eigenvalue weighted by Crippen LogP contribution is 2.25. The highest BCUT2D eigenvalue weighted by molar-refractivity contribution is 7.98. The van der Waals surface area contributed by atoms with E-state index in [0.29, 0.717) is 16.2 Å². The van der Waals surface area contributed by atoms with Crippen molar-refractivity contribution >= 4 is 23.6 Å². The van der Waals surface area contributed by atoms with E-state index in [4.69, 9.17) is 4.74 Å². The average molecular weight is 342 g/mol. The van der Waals surface area contributed by atoms with Crippen LogP contribution in [0.2, 0.25) is 0 Å². The van der Waals surface area contributed by atoms with E-state index < -0.39 is 12.1 Å². The molecule has 1 amide bonds. The molecule has 124 valence electrons. The first kappa shape index (κ1) is 16.5. The number of esters is 1. The SMILES string of the molecule is CSc1ncccc1C(=O)O[C@@H](C(=O)NC1CC1)c1ccccc1. The zero-order valence-corrected chi connectivity index (χ0v) is 14.1. The molecule has 0 radical (unpaired) electrons. The molecular weight excluding hydrogens is 324 g/mol. The summed E-state index contributed by atoms with van der Waals surface area (Å²) in [4.78, 5) is 29.2. The molecule has 24 heavy (non-hydrogen) atoms. The van der Waals surface area contributed by atoms with E-state index in [9.17, 15) is 9.59 Å². The molecule has 3 rings (SSSR count). The third kappa shape index (κ3) is 3.94. The van der Waals surface area contributed by atoms with Crippen molar-refractivity contribution in [1.29, 1.82) is 0 Å². The number of hydrogen-bond acceptors (Lipinski definition) is 5. The van der Waals surface area contributed by atoms with Crippen molar-refractivity contribution in [3.8, 4) is 0 Å². The van der Waals surface area contributed by atoms with Gasteiger partial charge >= 0.3 is 5.97 Å². The fourth-order valence-electron chi connectivity index (χ4n) is 2.28. The van der Waals surface area contributed by atoms with Gasteiger partial charge < -0.3 is 10.1 Å². The standard InChI is InChI=1S/C18H18N2O3S/c1-24-17-14(8-5-11-19-17)18(22)23-15(12-6-3-2-4-7-12)16(21)20-13-9-10-13/h2-8,11,13,15H,9-10H2,1H3,(H,20,21)/t15-/m1/s1. The van der Waals surface area contributed by atoms with E-state index in [-0.39, 0.29) is 11.9 Å². The number of ether oxygens (including phenoxy) is 1. The van der Waals surface area contributed by atoms with Crippen LogP contribution in [0.4, 0.5) is 0 Å². The number of rotatable bonds is 6. The first-order valence-electron chi connectivity index (χ1n) is 7.74. The molecule has 1 fully saturated rings. The van der Waals surface area contributed by atoms with Gasteiger partial charge in [0.05, 0.1) is 5.56 Å². The number of carbonyl (C=O) groups is 2. The van der Waals surface area contributed by atoms with Gasteiger partial charge in [-0.2, -0.15) is 0 Å². The van der Waals surface area contributed by atoms with Gasteiger partial charge in [0, 0.05) is 17.8 Å². The summed E-state index contributed by atoms with van der Waals surface area (Å²) in [6.45, 7) is 0. The Kier molecular flexibility index (Phi) is 5.15. The summed E-state index contributed by atoms with van der Waals surface area (Å²) in [5, 5.41) is 3.48. The van der Waals surface area contributed by atoms with E-state index in [2.05, 4.69) is 10.3 Å². The van der Waals surface area contributed by atoms with Crippen LogP contribution in [0.5, 0.6) is 0 Å². The minimum absolute atomic E-state index is 0.197. The molecule has 0 saturated heterocycles. The zero-order chi connectivity index (χ0) is 16.9. The van der Waals surface area contributed by atoms with Gasteiger partial charge in [0.1, 0.15) is 5.03 Å². The van der Waals surface area contributed by atoms with Crippen molar-refractivity contribution in [3.63, 3.8) is 0 Å². The number of aromatic nitrogens is 1. The maximum absolute atomic E-state index is 12.6. The van der Waals surface area contributed by atoms with Gasteiger partial charge in [-0.15, -0.1) is 11.8 Å². The van der Waals surface area contributed by atoms with Crippen molar-refractivity contribution in [2.75, 3.05) is 6.26 Å². The first-order chi connectivity index (χ1) is 11.7. The Labute approximate surface area is 144 Å². The molecule has 1 saturated carbocycles. The number of nitrogens with zero attached hydrogens (tertiary/aromatic N) is 1. The lowest BCUT2D eigenvalue weighted by atomic mass is 10.1. The Morgan fingerprint density at radius 3 is 2.62 bits per heavy atom. The molecule has 5 nitrogen and oxygen atoms in total. The van der Waals surface area contributed by atoms with Crippen LogP contribution in [-0.2, 0) is 9.53 Å². The number of nitrogens with one attached hydrogen (secondary N) is 1. The number of thioether (sulfide) groups is 1. The van der Waals surface area contributed by atoms with Crippen molar-refractivity contribution in [2.45, 2.75) is 30.0 Å². The number of carbonyl (C=O) groups excluding carboxylic acids is 2. The molecule has 1 N–H and O–H groups in total. The summed E-state index contributed by atoms with van der Waals surface area (Å²) in [5.74, 6) is -0.834. The highest BCUT2D eigenvalue weighted by atomic mass is 32.2. The topological polar surface area (TPSA) is 68.3 Å². The quantitative estimate of drug-likeness (QED) is 0.646. The fraction of sp³-hybridized carbons (Fsp3) is 0.278. The molecule has 1 heterocycles. The number of pyridine rings is 1. The van der Waals surface area contributed by atoms with E-state index in [1.54, 1.807) is 30.5 Å². The Bertz CT molecular complexity index is 732. The van der Waals surface area contributed by atoms with Crippen LogP contribution in [0.15, 0.2) is 53.7 Å². The molecule has 0 bridgehead atoms. The molecule has 1 aromatic heterocycles. The van der Waals surface area contributed by atoms with Crippen LogP contribution in [0.25, 0.3) is 0 Å². The summed E-state index contributed by atoms with van der Waals surface area (Å²) in [7, 11) is 0. The molecule has 1 aliphatic rings. The number of benzene rings is 1. The Morgan fingerprint density at radius 1 is 1.21 bits per heavy atom. The summed E-state index contributed by atoms with van der Waals surface area (Å²) in [5.41, 5.74) is 1.02. The van der Waals surface area contributed by atoms with Crippen molar-refractivity contribution in [2.24, 2.45) is 0 Å². The largest absolute Gasteiger partial charge is 0.444 e. The second-order valence-corrected chi connectivity index (χ2v) is 6.33. The fourth-order valence-corrected chi connectivity index (χ4v) is 2.82. The molecule has 1 aromatic carbocycles. The molecule has 0 aliphatic heterocycles. The highest BCUT2D eigenvalue weighted by Gasteiger charge is 2.31. The van der Waals surface area contributed by atoms with Crippen LogP contribution >= 0.6 is 11.8 Å². The second kappa shape index (κ2) is 7.49.